The number of benzene rings is 2. The second kappa shape index (κ2) is 8.92. The molecule has 0 radical (unpaired) electrons. The van der Waals surface area contributed by atoms with E-state index in [9.17, 15) is 9.59 Å². The van der Waals surface area contributed by atoms with Gasteiger partial charge in [-0.3, -0.25) is 9.59 Å². The molecule has 4 heteroatoms. The number of primary amides is 2. The Hall–Kier alpha value is -3.14. The van der Waals surface area contributed by atoms with E-state index in [0.29, 0.717) is 0 Å². The number of amides is 2. The number of nitrogens with two attached hydrogens (primary N) is 2. The van der Waals surface area contributed by atoms with Crippen LogP contribution in [0, 0.1) is 0 Å². The van der Waals surface area contributed by atoms with Gasteiger partial charge in [-0.25, -0.2) is 0 Å². The first-order chi connectivity index (χ1) is 10.5. The fraction of sp³-hybridized carbons (Fsp3) is 0. The highest BCUT2D eigenvalue weighted by Crippen LogP contribution is 2.20. The summed E-state index contributed by atoms with van der Waals surface area (Å²) in [5, 5.41) is 0. The van der Waals surface area contributed by atoms with Gasteiger partial charge >= 0.3 is 0 Å². The molecule has 4 N–H and O–H groups in total. The van der Waals surface area contributed by atoms with Gasteiger partial charge in [0.05, 0.1) is 0 Å². The van der Waals surface area contributed by atoms with E-state index in [4.69, 9.17) is 5.73 Å². The molecule has 0 atom stereocenters. The summed E-state index contributed by atoms with van der Waals surface area (Å²) < 4.78 is 0. The molecule has 0 saturated carbocycles. The molecular formula is C18H18N2O2. The molecule has 0 aliphatic rings. The fourth-order valence-electron chi connectivity index (χ4n) is 1.63. The highest BCUT2D eigenvalue weighted by Gasteiger charge is 1.96. The molecule has 0 spiro atoms. The van der Waals surface area contributed by atoms with Gasteiger partial charge in [0.25, 0.3) is 0 Å². The summed E-state index contributed by atoms with van der Waals surface area (Å²) in [7, 11) is 0. The van der Waals surface area contributed by atoms with Crippen LogP contribution in [-0.2, 0) is 9.59 Å². The lowest BCUT2D eigenvalue weighted by Gasteiger charge is -2.02. The first-order valence-corrected chi connectivity index (χ1v) is 6.58. The molecule has 0 bridgehead atoms. The SMILES string of the molecule is C=CC(N)=O.NC(=O)/C=C/c1cccc(-c2ccccc2)c1. The van der Waals surface area contributed by atoms with Crippen LogP contribution >= 0.6 is 0 Å². The lowest BCUT2D eigenvalue weighted by atomic mass is 10.0. The first kappa shape index (κ1) is 16.9. The summed E-state index contributed by atoms with van der Waals surface area (Å²) in [6.45, 7) is 3.09. The maximum atomic E-state index is 10.7. The minimum atomic E-state index is -0.481. The topological polar surface area (TPSA) is 86.2 Å². The Bertz CT molecular complexity index is 676. The Morgan fingerprint density at radius 3 is 2.00 bits per heavy atom. The van der Waals surface area contributed by atoms with E-state index in [0.717, 1.165) is 22.8 Å². The molecule has 2 aromatic carbocycles. The second-order valence-electron chi connectivity index (χ2n) is 4.33. The minimum Gasteiger partial charge on any atom is -0.366 e. The van der Waals surface area contributed by atoms with Crippen LogP contribution in [0.25, 0.3) is 17.2 Å². The van der Waals surface area contributed by atoms with Crippen molar-refractivity contribution in [3.05, 3.63) is 78.9 Å². The standard InChI is InChI=1S/C15H13NO.C3H5NO/c16-15(17)10-9-12-5-4-8-14(11-12)13-6-2-1-3-7-13;1-2-3(4)5/h1-11H,(H2,16,17);2H,1H2,(H2,4,5)/b10-9+;. The molecular weight excluding hydrogens is 276 g/mol. The predicted molar refractivity (Wildman–Crippen MR) is 89.5 cm³/mol. The molecule has 0 aliphatic carbocycles. The Morgan fingerprint density at radius 2 is 1.45 bits per heavy atom. The fourth-order valence-corrected chi connectivity index (χ4v) is 1.63. The number of hydrogen-bond donors (Lipinski definition) is 2. The van der Waals surface area contributed by atoms with Gasteiger partial charge in [-0.2, -0.15) is 0 Å². The van der Waals surface area contributed by atoms with E-state index in [1.807, 2.05) is 42.5 Å². The normalized spacial score (nSPS) is 9.64. The van der Waals surface area contributed by atoms with Crippen molar-refractivity contribution in [3.63, 3.8) is 0 Å². The molecule has 0 unspecified atom stereocenters. The molecule has 2 rings (SSSR count). The molecule has 0 aliphatic heterocycles. The molecule has 22 heavy (non-hydrogen) atoms. The Labute approximate surface area is 129 Å². The summed E-state index contributed by atoms with van der Waals surface area (Å²) in [6, 6.07) is 18.1. The summed E-state index contributed by atoms with van der Waals surface area (Å²) >= 11 is 0. The summed E-state index contributed by atoms with van der Waals surface area (Å²) in [5.74, 6) is -0.917. The smallest absolute Gasteiger partial charge is 0.241 e. The minimum absolute atomic E-state index is 0.435. The molecule has 0 saturated heterocycles. The average molecular weight is 294 g/mol. The van der Waals surface area contributed by atoms with Gasteiger partial charge < -0.3 is 11.5 Å². The van der Waals surface area contributed by atoms with Crippen molar-refractivity contribution in [1.82, 2.24) is 0 Å². The van der Waals surface area contributed by atoms with E-state index in [1.165, 1.54) is 6.08 Å². The van der Waals surface area contributed by atoms with Crippen molar-refractivity contribution in [2.75, 3.05) is 0 Å². The number of rotatable bonds is 4. The zero-order chi connectivity index (χ0) is 16.4. The number of carbonyl (C=O) groups excluding carboxylic acids is 2. The molecule has 2 aromatic rings. The van der Waals surface area contributed by atoms with Crippen LogP contribution < -0.4 is 11.5 Å². The van der Waals surface area contributed by atoms with Crippen molar-refractivity contribution in [3.8, 4) is 11.1 Å². The lowest BCUT2D eigenvalue weighted by Crippen LogP contribution is -2.05. The van der Waals surface area contributed by atoms with Crippen molar-refractivity contribution in [2.24, 2.45) is 11.5 Å². The molecule has 0 heterocycles. The van der Waals surface area contributed by atoms with Crippen LogP contribution in [-0.4, -0.2) is 11.8 Å². The van der Waals surface area contributed by atoms with Crippen molar-refractivity contribution >= 4 is 17.9 Å². The van der Waals surface area contributed by atoms with Gasteiger partial charge in [0.1, 0.15) is 0 Å². The van der Waals surface area contributed by atoms with Gasteiger partial charge in [-0.05, 0) is 34.9 Å². The molecule has 112 valence electrons. The first-order valence-electron chi connectivity index (χ1n) is 6.58. The lowest BCUT2D eigenvalue weighted by molar-refractivity contribution is -0.114. The summed E-state index contributed by atoms with van der Waals surface area (Å²) in [5.41, 5.74) is 12.8. The third kappa shape index (κ3) is 6.34. The van der Waals surface area contributed by atoms with Gasteiger partial charge in [0.15, 0.2) is 0 Å². The van der Waals surface area contributed by atoms with Crippen molar-refractivity contribution in [1.29, 1.82) is 0 Å². The summed E-state index contributed by atoms with van der Waals surface area (Å²) in [4.78, 5) is 20.1. The maximum Gasteiger partial charge on any atom is 0.241 e. The molecule has 4 nitrogen and oxygen atoms in total. The van der Waals surface area contributed by atoms with Gasteiger partial charge in [0.2, 0.25) is 11.8 Å². The maximum absolute atomic E-state index is 10.7. The zero-order valence-electron chi connectivity index (χ0n) is 12.1. The quantitative estimate of drug-likeness (QED) is 0.849. The van der Waals surface area contributed by atoms with Gasteiger partial charge in [-0.15, -0.1) is 0 Å². The van der Waals surface area contributed by atoms with E-state index in [1.54, 1.807) is 6.08 Å². The second-order valence-corrected chi connectivity index (χ2v) is 4.33. The van der Waals surface area contributed by atoms with Crippen molar-refractivity contribution in [2.45, 2.75) is 0 Å². The number of hydrogen-bond acceptors (Lipinski definition) is 2. The molecule has 0 aromatic heterocycles. The van der Waals surface area contributed by atoms with Crippen LogP contribution in [0.2, 0.25) is 0 Å². The Balaban J connectivity index is 0.000000422. The highest BCUT2D eigenvalue weighted by atomic mass is 16.1. The summed E-state index contributed by atoms with van der Waals surface area (Å²) in [6.07, 6.45) is 4.14. The largest absolute Gasteiger partial charge is 0.366 e. The van der Waals surface area contributed by atoms with Gasteiger partial charge in [0, 0.05) is 6.08 Å². The predicted octanol–water partition coefficient (Wildman–Crippen LogP) is 2.51. The monoisotopic (exact) mass is 294 g/mol. The third-order valence-corrected chi connectivity index (χ3v) is 2.63. The van der Waals surface area contributed by atoms with E-state index in [2.05, 4.69) is 24.4 Å². The highest BCUT2D eigenvalue weighted by molar-refractivity contribution is 5.90. The van der Waals surface area contributed by atoms with Crippen LogP contribution in [0.15, 0.2) is 73.3 Å². The van der Waals surface area contributed by atoms with Crippen LogP contribution in [0.5, 0.6) is 0 Å². The Morgan fingerprint density at radius 1 is 0.864 bits per heavy atom. The van der Waals surface area contributed by atoms with Crippen molar-refractivity contribution < 1.29 is 9.59 Å². The van der Waals surface area contributed by atoms with E-state index >= 15 is 0 Å². The Kier molecular flexibility index (Phi) is 6.86. The van der Waals surface area contributed by atoms with E-state index in [-0.39, 0.29) is 0 Å². The van der Waals surface area contributed by atoms with E-state index < -0.39 is 11.8 Å². The average Bonchev–Trinajstić information content (AvgIpc) is 2.54. The molecule has 2 amide bonds. The van der Waals surface area contributed by atoms with Crippen LogP contribution in [0.4, 0.5) is 0 Å². The van der Waals surface area contributed by atoms with Crippen LogP contribution in [0.3, 0.4) is 0 Å². The van der Waals surface area contributed by atoms with Gasteiger partial charge in [-0.1, -0.05) is 55.1 Å². The third-order valence-electron chi connectivity index (χ3n) is 2.63. The van der Waals surface area contributed by atoms with Crippen LogP contribution in [0.1, 0.15) is 5.56 Å². The molecule has 0 fully saturated rings. The zero-order valence-corrected chi connectivity index (χ0v) is 12.1. The number of carbonyl (C=O) groups is 2.